The van der Waals surface area contributed by atoms with Crippen LogP contribution in [-0.2, 0) is 17.9 Å². The van der Waals surface area contributed by atoms with Crippen LogP contribution in [0.3, 0.4) is 0 Å². The van der Waals surface area contributed by atoms with Gasteiger partial charge in [0.25, 0.3) is 0 Å². The Morgan fingerprint density at radius 1 is 1.38 bits per heavy atom. The third-order valence-corrected chi connectivity index (χ3v) is 5.24. The molecule has 3 heterocycles. The van der Waals surface area contributed by atoms with E-state index in [4.69, 9.17) is 11.6 Å². The fourth-order valence-corrected chi connectivity index (χ4v) is 3.70. The third kappa shape index (κ3) is 4.34. The van der Waals surface area contributed by atoms with Crippen LogP contribution in [0.1, 0.15) is 17.6 Å². The number of halogens is 1. The Kier molecular flexibility index (Phi) is 5.53. The van der Waals surface area contributed by atoms with E-state index in [1.165, 1.54) is 0 Å². The number of carbonyl (C=O) groups is 1. The highest BCUT2D eigenvalue weighted by atomic mass is 35.5. The molecule has 0 spiro atoms. The number of hydrogen-bond acceptors (Lipinski definition) is 5. The number of aryl methyl sites for hydroxylation is 1. The second-order valence-electron chi connectivity index (χ2n) is 6.24. The Hall–Kier alpha value is -1.44. The molecule has 1 aliphatic rings. The van der Waals surface area contributed by atoms with E-state index >= 15 is 0 Å². The molecule has 0 saturated carbocycles. The molecule has 130 valence electrons. The van der Waals surface area contributed by atoms with Gasteiger partial charge in [0.15, 0.2) is 0 Å². The molecule has 0 N–H and O–H groups in total. The topological polar surface area (TPSA) is 54.3 Å². The number of piperazine rings is 1. The normalized spacial score (nSPS) is 17.2. The van der Waals surface area contributed by atoms with Crippen LogP contribution >= 0.6 is 22.9 Å². The Morgan fingerprint density at radius 2 is 2.12 bits per heavy atom. The number of hydrogen-bond donors (Lipinski definition) is 0. The minimum absolute atomic E-state index is 0.103. The van der Waals surface area contributed by atoms with Gasteiger partial charge in [0.05, 0.1) is 34.4 Å². The van der Waals surface area contributed by atoms with Crippen LogP contribution in [0.4, 0.5) is 0 Å². The number of rotatable bonds is 5. The van der Waals surface area contributed by atoms with Crippen LogP contribution in [0.25, 0.3) is 0 Å². The van der Waals surface area contributed by atoms with Gasteiger partial charge in [-0.3, -0.25) is 14.4 Å². The first-order valence-corrected chi connectivity index (χ1v) is 9.37. The summed E-state index contributed by atoms with van der Waals surface area (Å²) >= 11 is 7.55. The standard InChI is InChI=1S/C16H22ClN5OS/c1-12(8-22-9-14(17)7-18-22)16(23)21-5-3-20(4-6-21)10-15-11-24-13(2)19-15/h7,9,11-12H,3-6,8,10H2,1-2H3. The molecular weight excluding hydrogens is 346 g/mol. The maximum Gasteiger partial charge on any atom is 0.227 e. The molecule has 1 atom stereocenters. The van der Waals surface area contributed by atoms with Crippen LogP contribution in [0.2, 0.25) is 5.02 Å². The number of thiazole rings is 1. The summed E-state index contributed by atoms with van der Waals surface area (Å²) in [6.45, 7) is 8.72. The highest BCUT2D eigenvalue weighted by Gasteiger charge is 2.25. The fraction of sp³-hybridized carbons (Fsp3) is 0.562. The first kappa shape index (κ1) is 17.4. The molecule has 6 nitrogen and oxygen atoms in total. The van der Waals surface area contributed by atoms with Gasteiger partial charge in [-0.25, -0.2) is 4.98 Å². The zero-order valence-electron chi connectivity index (χ0n) is 14.0. The van der Waals surface area contributed by atoms with E-state index in [0.717, 1.165) is 43.4 Å². The molecule has 2 aromatic heterocycles. The van der Waals surface area contributed by atoms with E-state index in [1.54, 1.807) is 28.4 Å². The van der Waals surface area contributed by atoms with Crippen molar-refractivity contribution in [2.75, 3.05) is 26.2 Å². The van der Waals surface area contributed by atoms with Gasteiger partial charge in [-0.2, -0.15) is 5.10 Å². The van der Waals surface area contributed by atoms with Gasteiger partial charge in [-0.15, -0.1) is 11.3 Å². The summed E-state index contributed by atoms with van der Waals surface area (Å²) in [7, 11) is 0. The SMILES string of the molecule is Cc1nc(CN2CCN(C(=O)C(C)Cn3cc(Cl)cn3)CC2)cs1. The van der Waals surface area contributed by atoms with Gasteiger partial charge in [-0.05, 0) is 6.92 Å². The van der Waals surface area contributed by atoms with Crippen molar-refractivity contribution in [1.82, 2.24) is 24.6 Å². The van der Waals surface area contributed by atoms with Crippen LogP contribution in [0, 0.1) is 12.8 Å². The summed E-state index contributed by atoms with van der Waals surface area (Å²) in [5, 5.41) is 7.96. The summed E-state index contributed by atoms with van der Waals surface area (Å²) in [6, 6.07) is 0. The van der Waals surface area contributed by atoms with Crippen molar-refractivity contribution in [3.63, 3.8) is 0 Å². The minimum Gasteiger partial charge on any atom is -0.340 e. The van der Waals surface area contributed by atoms with Gasteiger partial charge in [0.1, 0.15) is 0 Å². The Labute approximate surface area is 151 Å². The van der Waals surface area contributed by atoms with Crippen molar-refractivity contribution in [3.05, 3.63) is 33.5 Å². The minimum atomic E-state index is -0.103. The van der Waals surface area contributed by atoms with E-state index in [0.29, 0.717) is 11.6 Å². The number of carbonyl (C=O) groups excluding carboxylic acids is 1. The number of nitrogens with zero attached hydrogens (tertiary/aromatic N) is 5. The van der Waals surface area contributed by atoms with Gasteiger partial charge in [0, 0.05) is 44.3 Å². The zero-order valence-corrected chi connectivity index (χ0v) is 15.6. The van der Waals surface area contributed by atoms with Crippen molar-refractivity contribution >= 4 is 28.8 Å². The van der Waals surface area contributed by atoms with E-state index in [2.05, 4.69) is 20.4 Å². The lowest BCUT2D eigenvalue weighted by Gasteiger charge is -2.35. The van der Waals surface area contributed by atoms with E-state index in [9.17, 15) is 4.79 Å². The van der Waals surface area contributed by atoms with Gasteiger partial charge < -0.3 is 4.90 Å². The summed E-state index contributed by atoms with van der Waals surface area (Å²) < 4.78 is 1.73. The molecule has 1 amide bonds. The summed E-state index contributed by atoms with van der Waals surface area (Å²) in [4.78, 5) is 21.4. The Morgan fingerprint density at radius 3 is 2.71 bits per heavy atom. The highest BCUT2D eigenvalue weighted by Crippen LogP contribution is 2.14. The first-order chi connectivity index (χ1) is 11.5. The molecular formula is C16H22ClN5OS. The van der Waals surface area contributed by atoms with Crippen LogP contribution in [-0.4, -0.2) is 56.7 Å². The molecule has 3 rings (SSSR count). The highest BCUT2D eigenvalue weighted by molar-refractivity contribution is 7.09. The van der Waals surface area contributed by atoms with Gasteiger partial charge >= 0.3 is 0 Å². The Bertz CT molecular complexity index is 692. The van der Waals surface area contributed by atoms with E-state index in [-0.39, 0.29) is 11.8 Å². The summed E-state index contributed by atoms with van der Waals surface area (Å²) in [5.74, 6) is 0.0829. The predicted octanol–water partition coefficient (Wildman–Crippen LogP) is 2.28. The molecule has 0 radical (unpaired) electrons. The number of amides is 1. The van der Waals surface area contributed by atoms with Gasteiger partial charge in [-0.1, -0.05) is 18.5 Å². The maximum atomic E-state index is 12.6. The molecule has 0 aliphatic carbocycles. The average molecular weight is 368 g/mol. The number of aromatic nitrogens is 3. The first-order valence-electron chi connectivity index (χ1n) is 8.11. The molecule has 1 unspecified atom stereocenters. The second kappa shape index (κ2) is 7.63. The Balaban J connectivity index is 1.47. The summed E-state index contributed by atoms with van der Waals surface area (Å²) in [6.07, 6.45) is 3.34. The third-order valence-electron chi connectivity index (χ3n) is 4.22. The van der Waals surface area contributed by atoms with Crippen molar-refractivity contribution in [3.8, 4) is 0 Å². The maximum absolute atomic E-state index is 12.6. The van der Waals surface area contributed by atoms with Crippen molar-refractivity contribution in [1.29, 1.82) is 0 Å². The monoisotopic (exact) mass is 367 g/mol. The van der Waals surface area contributed by atoms with Crippen molar-refractivity contribution in [2.45, 2.75) is 26.9 Å². The fourth-order valence-electron chi connectivity index (χ4n) is 2.94. The van der Waals surface area contributed by atoms with E-state index in [1.807, 2.05) is 18.7 Å². The zero-order chi connectivity index (χ0) is 17.1. The molecule has 1 aliphatic heterocycles. The molecule has 1 fully saturated rings. The molecule has 8 heteroatoms. The lowest BCUT2D eigenvalue weighted by molar-refractivity contribution is -0.137. The lowest BCUT2D eigenvalue weighted by atomic mass is 10.1. The summed E-state index contributed by atoms with van der Waals surface area (Å²) in [5.41, 5.74) is 1.13. The lowest BCUT2D eigenvalue weighted by Crippen LogP contribution is -2.50. The molecule has 0 bridgehead atoms. The van der Waals surface area contributed by atoms with E-state index < -0.39 is 0 Å². The smallest absolute Gasteiger partial charge is 0.227 e. The molecule has 2 aromatic rings. The quantitative estimate of drug-likeness (QED) is 0.813. The van der Waals surface area contributed by atoms with Crippen LogP contribution in [0.5, 0.6) is 0 Å². The molecule has 0 aromatic carbocycles. The second-order valence-corrected chi connectivity index (χ2v) is 7.74. The molecule has 24 heavy (non-hydrogen) atoms. The average Bonchev–Trinajstić information content (AvgIpc) is 3.15. The molecule has 1 saturated heterocycles. The van der Waals surface area contributed by atoms with Crippen LogP contribution < -0.4 is 0 Å². The van der Waals surface area contributed by atoms with Crippen LogP contribution in [0.15, 0.2) is 17.8 Å². The van der Waals surface area contributed by atoms with Crippen molar-refractivity contribution in [2.24, 2.45) is 5.92 Å². The van der Waals surface area contributed by atoms with Gasteiger partial charge in [0.2, 0.25) is 5.91 Å². The predicted molar refractivity (Wildman–Crippen MR) is 95.1 cm³/mol. The largest absolute Gasteiger partial charge is 0.340 e. The van der Waals surface area contributed by atoms with Crippen molar-refractivity contribution < 1.29 is 4.79 Å².